The van der Waals surface area contributed by atoms with E-state index in [-0.39, 0.29) is 5.78 Å². The van der Waals surface area contributed by atoms with E-state index in [4.69, 9.17) is 22.1 Å². The highest BCUT2D eigenvalue weighted by Gasteiger charge is 2.22. The van der Waals surface area contributed by atoms with Crippen molar-refractivity contribution < 1.29 is 9.53 Å². The molecule has 0 spiro atoms. The third-order valence-electron chi connectivity index (χ3n) is 3.27. The summed E-state index contributed by atoms with van der Waals surface area (Å²) >= 11 is 6.17. The molecule has 0 radical (unpaired) electrons. The number of nitrogens with zero attached hydrogens (tertiary/aromatic N) is 1. The lowest BCUT2D eigenvalue weighted by molar-refractivity contribution is 0.103. The number of ether oxygens (including phenoxy) is 1. The maximum atomic E-state index is 12.8. The molecule has 0 saturated heterocycles. The fraction of sp³-hybridized carbons (Fsp3) is 0.0667. The third-order valence-corrected chi connectivity index (χ3v) is 3.59. The summed E-state index contributed by atoms with van der Waals surface area (Å²) in [5.41, 5.74) is 7.57. The Labute approximate surface area is 125 Å². The Kier molecular flexibility index (Phi) is 3.27. The Morgan fingerprint density at radius 3 is 2.95 bits per heavy atom. The number of pyridine rings is 1. The number of anilines is 1. The van der Waals surface area contributed by atoms with E-state index >= 15 is 0 Å². The van der Waals surface area contributed by atoms with Gasteiger partial charge in [-0.25, -0.2) is 4.98 Å². The summed E-state index contributed by atoms with van der Waals surface area (Å²) in [6.07, 6.45) is 3.16. The van der Waals surface area contributed by atoms with Crippen LogP contribution >= 0.6 is 11.6 Å². The maximum Gasteiger partial charge on any atom is 0.201 e. The summed E-state index contributed by atoms with van der Waals surface area (Å²) in [7, 11) is 1.50. The van der Waals surface area contributed by atoms with Crippen LogP contribution in [0.25, 0.3) is 11.0 Å². The first-order chi connectivity index (χ1) is 10.1. The minimum atomic E-state index is -0.258. The molecule has 3 N–H and O–H groups in total. The van der Waals surface area contributed by atoms with Crippen molar-refractivity contribution in [3.05, 3.63) is 52.8 Å². The highest BCUT2D eigenvalue weighted by Crippen LogP contribution is 2.31. The minimum Gasteiger partial charge on any atom is -0.496 e. The van der Waals surface area contributed by atoms with Crippen LogP contribution in [-0.4, -0.2) is 22.9 Å². The average Bonchev–Trinajstić information content (AvgIpc) is 2.91. The normalized spacial score (nSPS) is 10.8. The van der Waals surface area contributed by atoms with Gasteiger partial charge in [-0.05, 0) is 18.2 Å². The van der Waals surface area contributed by atoms with Gasteiger partial charge in [-0.1, -0.05) is 17.7 Å². The van der Waals surface area contributed by atoms with E-state index in [1.807, 2.05) is 0 Å². The molecule has 0 atom stereocenters. The predicted octanol–water partition coefficient (Wildman–Crippen LogP) is 3.04. The van der Waals surface area contributed by atoms with Gasteiger partial charge in [0.05, 0.1) is 23.3 Å². The number of aromatic nitrogens is 2. The number of nitrogens with two attached hydrogens (primary N) is 1. The Bertz CT molecular complexity index is 842. The van der Waals surface area contributed by atoms with Crippen molar-refractivity contribution >= 4 is 34.1 Å². The number of halogens is 1. The summed E-state index contributed by atoms with van der Waals surface area (Å²) < 4.78 is 5.23. The molecule has 0 unspecified atom stereocenters. The van der Waals surface area contributed by atoms with Crippen molar-refractivity contribution in [1.29, 1.82) is 0 Å². The number of methoxy groups -OCH3 is 1. The average molecular weight is 302 g/mol. The smallest absolute Gasteiger partial charge is 0.201 e. The van der Waals surface area contributed by atoms with E-state index in [1.165, 1.54) is 7.11 Å². The van der Waals surface area contributed by atoms with Gasteiger partial charge in [0.2, 0.25) is 5.78 Å². The van der Waals surface area contributed by atoms with Crippen molar-refractivity contribution in [1.82, 2.24) is 9.97 Å². The molecule has 6 heteroatoms. The molecule has 0 amide bonds. The van der Waals surface area contributed by atoms with Crippen LogP contribution in [0.1, 0.15) is 15.9 Å². The summed E-state index contributed by atoms with van der Waals surface area (Å²) in [5.74, 6) is 0.167. The Morgan fingerprint density at radius 2 is 2.19 bits per heavy atom. The van der Waals surface area contributed by atoms with E-state index in [9.17, 15) is 4.79 Å². The maximum absolute atomic E-state index is 12.8. The summed E-state index contributed by atoms with van der Waals surface area (Å²) in [6.45, 7) is 0. The number of carbonyl (C=O) groups is 1. The van der Waals surface area contributed by atoms with Crippen LogP contribution in [0.15, 0.2) is 36.7 Å². The predicted molar refractivity (Wildman–Crippen MR) is 81.9 cm³/mol. The number of aromatic amines is 1. The van der Waals surface area contributed by atoms with Gasteiger partial charge in [-0.3, -0.25) is 4.79 Å². The van der Waals surface area contributed by atoms with Gasteiger partial charge in [0.1, 0.15) is 11.4 Å². The number of nitrogens with one attached hydrogen (secondary N) is 1. The molecule has 0 saturated carbocycles. The first-order valence-electron chi connectivity index (χ1n) is 6.22. The second-order valence-electron chi connectivity index (χ2n) is 4.47. The quantitative estimate of drug-likeness (QED) is 0.575. The summed E-state index contributed by atoms with van der Waals surface area (Å²) in [4.78, 5) is 19.9. The van der Waals surface area contributed by atoms with Gasteiger partial charge >= 0.3 is 0 Å². The SMILES string of the molecule is COc1cccc(N)c1C(=O)c1c[nH]c2nccc(Cl)c12. The van der Waals surface area contributed by atoms with Crippen molar-refractivity contribution in [2.45, 2.75) is 0 Å². The minimum absolute atomic E-state index is 0.258. The van der Waals surface area contributed by atoms with Gasteiger partial charge in [0.25, 0.3) is 0 Å². The van der Waals surface area contributed by atoms with Gasteiger partial charge < -0.3 is 15.5 Å². The monoisotopic (exact) mass is 301 g/mol. The van der Waals surface area contributed by atoms with Gasteiger partial charge in [0, 0.05) is 23.5 Å². The van der Waals surface area contributed by atoms with E-state index in [0.29, 0.717) is 38.6 Å². The van der Waals surface area contributed by atoms with Crippen molar-refractivity contribution in [3.8, 4) is 5.75 Å². The van der Waals surface area contributed by atoms with E-state index < -0.39 is 0 Å². The Hall–Kier alpha value is -2.53. The van der Waals surface area contributed by atoms with Gasteiger partial charge in [-0.15, -0.1) is 0 Å². The largest absolute Gasteiger partial charge is 0.496 e. The zero-order chi connectivity index (χ0) is 15.0. The van der Waals surface area contributed by atoms with Crippen LogP contribution in [0.5, 0.6) is 5.75 Å². The lowest BCUT2D eigenvalue weighted by Crippen LogP contribution is -2.07. The molecular formula is C15H12ClN3O2. The summed E-state index contributed by atoms with van der Waals surface area (Å²) in [5, 5.41) is 1.03. The lowest BCUT2D eigenvalue weighted by Gasteiger charge is -2.09. The number of carbonyl (C=O) groups excluding carboxylic acids is 1. The molecule has 0 aliphatic heterocycles. The fourth-order valence-corrected chi connectivity index (χ4v) is 2.54. The Morgan fingerprint density at radius 1 is 1.38 bits per heavy atom. The topological polar surface area (TPSA) is 81.0 Å². The van der Waals surface area contributed by atoms with Crippen LogP contribution in [0.2, 0.25) is 5.02 Å². The standard InChI is InChI=1S/C15H12ClN3O2/c1-21-11-4-2-3-10(17)13(11)14(20)8-7-19-15-12(8)9(16)5-6-18-15/h2-7H,17H2,1H3,(H,18,19). The van der Waals surface area contributed by atoms with Crippen LogP contribution in [0.4, 0.5) is 5.69 Å². The molecule has 0 aliphatic rings. The molecule has 106 valence electrons. The third kappa shape index (κ3) is 2.11. The van der Waals surface area contributed by atoms with Gasteiger partial charge in [-0.2, -0.15) is 0 Å². The van der Waals surface area contributed by atoms with Crippen LogP contribution in [0.3, 0.4) is 0 Å². The number of H-pyrrole nitrogens is 1. The van der Waals surface area contributed by atoms with E-state index in [2.05, 4.69) is 9.97 Å². The fourth-order valence-electron chi connectivity index (χ4n) is 2.29. The number of rotatable bonds is 3. The second-order valence-corrected chi connectivity index (χ2v) is 4.88. The van der Waals surface area contributed by atoms with E-state index in [0.717, 1.165) is 0 Å². The Balaban J connectivity index is 2.23. The molecule has 0 bridgehead atoms. The highest BCUT2D eigenvalue weighted by atomic mass is 35.5. The molecule has 2 heterocycles. The van der Waals surface area contributed by atoms with Crippen molar-refractivity contribution in [2.75, 3.05) is 12.8 Å². The molecule has 3 rings (SSSR count). The van der Waals surface area contributed by atoms with Crippen LogP contribution in [-0.2, 0) is 0 Å². The molecule has 2 aromatic heterocycles. The molecular weight excluding hydrogens is 290 g/mol. The second kappa shape index (κ2) is 5.10. The number of fused-ring (bicyclic) bond motifs is 1. The first-order valence-corrected chi connectivity index (χ1v) is 6.60. The van der Waals surface area contributed by atoms with Crippen molar-refractivity contribution in [3.63, 3.8) is 0 Å². The number of hydrogen-bond donors (Lipinski definition) is 2. The van der Waals surface area contributed by atoms with Crippen LogP contribution < -0.4 is 10.5 Å². The first kappa shape index (κ1) is 13.5. The summed E-state index contributed by atoms with van der Waals surface area (Å²) in [6, 6.07) is 6.72. The van der Waals surface area contributed by atoms with Crippen LogP contribution in [0, 0.1) is 0 Å². The van der Waals surface area contributed by atoms with Gasteiger partial charge in [0.15, 0.2) is 0 Å². The zero-order valence-electron chi connectivity index (χ0n) is 11.2. The number of hydrogen-bond acceptors (Lipinski definition) is 4. The molecule has 5 nitrogen and oxygen atoms in total. The molecule has 3 aromatic rings. The molecule has 1 aromatic carbocycles. The molecule has 21 heavy (non-hydrogen) atoms. The molecule has 0 aliphatic carbocycles. The lowest BCUT2D eigenvalue weighted by atomic mass is 10.0. The highest BCUT2D eigenvalue weighted by molar-refractivity contribution is 6.37. The number of nitrogen functional groups attached to an aromatic ring is 1. The number of benzene rings is 1. The zero-order valence-corrected chi connectivity index (χ0v) is 11.9. The number of ketones is 1. The van der Waals surface area contributed by atoms with Crippen molar-refractivity contribution in [2.24, 2.45) is 0 Å². The molecule has 0 fully saturated rings. The van der Waals surface area contributed by atoms with E-state index in [1.54, 1.807) is 36.7 Å².